The van der Waals surface area contributed by atoms with Gasteiger partial charge < -0.3 is 5.32 Å². The van der Waals surface area contributed by atoms with Crippen molar-refractivity contribution in [1.82, 2.24) is 9.29 Å². The van der Waals surface area contributed by atoms with Crippen LogP contribution in [0, 0.1) is 12.7 Å². The van der Waals surface area contributed by atoms with E-state index in [4.69, 9.17) is 0 Å². The third-order valence-electron chi connectivity index (χ3n) is 4.78. The molecule has 1 aliphatic heterocycles. The minimum absolute atomic E-state index is 0.0121. The smallest absolute Gasteiger partial charge is 0.247 e. The number of anilines is 1. The monoisotopic (exact) mass is 431 g/mol. The van der Waals surface area contributed by atoms with Gasteiger partial charge in [-0.15, -0.1) is 11.3 Å². The molecule has 1 aliphatic rings. The van der Waals surface area contributed by atoms with Crippen LogP contribution in [-0.2, 0) is 27.8 Å². The highest BCUT2D eigenvalue weighted by atomic mass is 32.2. The van der Waals surface area contributed by atoms with E-state index in [1.807, 2.05) is 24.3 Å². The molecular formula is C20H18FN3O3S2. The van der Waals surface area contributed by atoms with E-state index in [1.54, 1.807) is 12.3 Å². The van der Waals surface area contributed by atoms with Gasteiger partial charge in [-0.05, 0) is 36.6 Å². The van der Waals surface area contributed by atoms with Crippen molar-refractivity contribution >= 4 is 32.4 Å². The minimum atomic E-state index is -4.24. The normalized spacial score (nSPS) is 17.0. The average Bonchev–Trinajstić information content (AvgIpc) is 3.11. The maximum atomic E-state index is 14.3. The molecular weight excluding hydrogens is 413 g/mol. The molecule has 0 bridgehead atoms. The summed E-state index contributed by atoms with van der Waals surface area (Å²) in [5.74, 6) is -1.34. The maximum absolute atomic E-state index is 14.3. The van der Waals surface area contributed by atoms with E-state index in [2.05, 4.69) is 10.3 Å². The largest absolute Gasteiger partial charge is 0.301 e. The molecule has 2 aromatic carbocycles. The Morgan fingerprint density at radius 3 is 2.55 bits per heavy atom. The van der Waals surface area contributed by atoms with Gasteiger partial charge in [-0.1, -0.05) is 36.4 Å². The molecule has 2 heterocycles. The number of rotatable bonds is 4. The van der Waals surface area contributed by atoms with Gasteiger partial charge in [0.25, 0.3) is 0 Å². The fourth-order valence-corrected chi connectivity index (χ4v) is 5.68. The Balaban J connectivity index is 1.74. The van der Waals surface area contributed by atoms with Gasteiger partial charge in [-0.25, -0.2) is 17.8 Å². The molecule has 0 aliphatic carbocycles. The zero-order valence-corrected chi connectivity index (χ0v) is 17.1. The maximum Gasteiger partial charge on any atom is 0.247 e. The van der Waals surface area contributed by atoms with Gasteiger partial charge in [-0.3, -0.25) is 4.79 Å². The number of aromatic nitrogens is 1. The number of halogens is 1. The van der Waals surface area contributed by atoms with Crippen molar-refractivity contribution in [3.63, 3.8) is 0 Å². The van der Waals surface area contributed by atoms with E-state index in [-0.39, 0.29) is 13.0 Å². The lowest BCUT2D eigenvalue weighted by molar-refractivity contribution is -0.120. The van der Waals surface area contributed by atoms with Crippen LogP contribution in [0.3, 0.4) is 0 Å². The number of thiazole rings is 1. The average molecular weight is 432 g/mol. The number of nitrogens with one attached hydrogen (secondary N) is 1. The first-order valence-electron chi connectivity index (χ1n) is 8.92. The van der Waals surface area contributed by atoms with E-state index < -0.39 is 32.7 Å². The van der Waals surface area contributed by atoms with Gasteiger partial charge in [0.2, 0.25) is 15.9 Å². The van der Waals surface area contributed by atoms with Crippen LogP contribution in [0.2, 0.25) is 0 Å². The van der Waals surface area contributed by atoms with Crippen LogP contribution in [0.4, 0.5) is 9.52 Å². The van der Waals surface area contributed by atoms with Crippen LogP contribution in [0.5, 0.6) is 0 Å². The lowest BCUT2D eigenvalue weighted by atomic mass is 9.95. The summed E-state index contributed by atoms with van der Waals surface area (Å²) in [6, 6.07) is 11.5. The number of aryl methyl sites for hydroxylation is 1. The minimum Gasteiger partial charge on any atom is -0.301 e. The van der Waals surface area contributed by atoms with Gasteiger partial charge in [0.1, 0.15) is 16.8 Å². The topological polar surface area (TPSA) is 79.4 Å². The van der Waals surface area contributed by atoms with Gasteiger partial charge >= 0.3 is 0 Å². The van der Waals surface area contributed by atoms with Crippen molar-refractivity contribution in [1.29, 1.82) is 0 Å². The molecule has 29 heavy (non-hydrogen) atoms. The summed E-state index contributed by atoms with van der Waals surface area (Å²) in [7, 11) is -4.24. The van der Waals surface area contributed by atoms with E-state index in [1.165, 1.54) is 29.5 Å². The molecule has 150 valence electrons. The molecule has 9 heteroatoms. The highest BCUT2D eigenvalue weighted by Gasteiger charge is 2.40. The van der Waals surface area contributed by atoms with Crippen molar-refractivity contribution < 1.29 is 17.6 Å². The Labute approximate surface area is 172 Å². The van der Waals surface area contributed by atoms with Crippen LogP contribution < -0.4 is 5.32 Å². The number of fused-ring (bicyclic) bond motifs is 1. The van der Waals surface area contributed by atoms with Gasteiger partial charge in [-0.2, -0.15) is 4.31 Å². The molecule has 1 amide bonds. The first kappa shape index (κ1) is 19.7. The molecule has 0 radical (unpaired) electrons. The number of sulfonamides is 1. The SMILES string of the molecule is Cc1csc(NC(=O)[C@H]2Cc3ccccc3CN2S(=O)(=O)c2ccccc2F)n1. The quantitative estimate of drug-likeness (QED) is 0.687. The molecule has 0 spiro atoms. The molecule has 1 N–H and O–H groups in total. The Bertz CT molecular complexity index is 1180. The number of hydrogen-bond acceptors (Lipinski definition) is 5. The predicted octanol–water partition coefficient (Wildman–Crippen LogP) is 3.34. The van der Waals surface area contributed by atoms with Crippen molar-refractivity contribution in [3.8, 4) is 0 Å². The molecule has 0 fully saturated rings. The standard InChI is InChI=1S/C20H18FN3O3S2/c1-13-12-28-20(22-13)23-19(25)17-10-14-6-2-3-7-15(14)11-24(17)29(26,27)18-9-5-4-8-16(18)21/h2-9,12,17H,10-11H2,1H3,(H,22,23,25)/t17-/m1/s1. The van der Waals surface area contributed by atoms with Crippen LogP contribution >= 0.6 is 11.3 Å². The van der Waals surface area contributed by atoms with Crippen LogP contribution in [0.25, 0.3) is 0 Å². The summed E-state index contributed by atoms with van der Waals surface area (Å²) in [6.07, 6.45) is 0.194. The van der Waals surface area contributed by atoms with Gasteiger partial charge in [0.05, 0.1) is 5.69 Å². The summed E-state index contributed by atoms with van der Waals surface area (Å²) in [6.45, 7) is 1.79. The lowest BCUT2D eigenvalue weighted by Crippen LogP contribution is -2.50. The second kappa shape index (κ2) is 7.66. The van der Waals surface area contributed by atoms with Crippen molar-refractivity contribution in [3.05, 3.63) is 76.5 Å². The summed E-state index contributed by atoms with van der Waals surface area (Å²) in [5, 5.41) is 4.89. The summed E-state index contributed by atoms with van der Waals surface area (Å²) >= 11 is 1.26. The third-order valence-corrected chi connectivity index (χ3v) is 7.54. The molecule has 6 nitrogen and oxygen atoms in total. The van der Waals surface area contributed by atoms with E-state index in [0.717, 1.165) is 27.2 Å². The van der Waals surface area contributed by atoms with Gasteiger partial charge in [0, 0.05) is 11.9 Å². The predicted molar refractivity (Wildman–Crippen MR) is 109 cm³/mol. The molecule has 3 aromatic rings. The van der Waals surface area contributed by atoms with Crippen molar-refractivity contribution in [2.75, 3.05) is 5.32 Å². The number of hydrogen-bond donors (Lipinski definition) is 1. The van der Waals surface area contributed by atoms with Crippen LogP contribution in [0.15, 0.2) is 58.8 Å². The Morgan fingerprint density at radius 1 is 1.17 bits per heavy atom. The number of nitrogens with zero attached hydrogens (tertiary/aromatic N) is 2. The molecule has 1 atom stereocenters. The van der Waals surface area contributed by atoms with E-state index >= 15 is 0 Å². The van der Waals surface area contributed by atoms with Crippen LogP contribution in [-0.4, -0.2) is 29.7 Å². The second-order valence-electron chi connectivity index (χ2n) is 6.75. The number of benzene rings is 2. The summed E-state index contributed by atoms with van der Waals surface area (Å²) in [5.41, 5.74) is 2.44. The number of carbonyl (C=O) groups excluding carboxylic acids is 1. The molecule has 0 saturated heterocycles. The zero-order chi connectivity index (χ0) is 20.6. The zero-order valence-electron chi connectivity index (χ0n) is 15.5. The van der Waals surface area contributed by atoms with Crippen molar-refractivity contribution in [2.45, 2.75) is 30.8 Å². The number of amides is 1. The highest BCUT2D eigenvalue weighted by molar-refractivity contribution is 7.89. The fourth-order valence-electron chi connectivity index (χ4n) is 3.36. The summed E-state index contributed by atoms with van der Waals surface area (Å²) < 4.78 is 41.9. The van der Waals surface area contributed by atoms with Crippen molar-refractivity contribution in [2.24, 2.45) is 0 Å². The lowest BCUT2D eigenvalue weighted by Gasteiger charge is -2.34. The van der Waals surface area contributed by atoms with E-state index in [0.29, 0.717) is 5.13 Å². The van der Waals surface area contributed by atoms with Gasteiger partial charge in [0.15, 0.2) is 5.13 Å². The fraction of sp³-hybridized carbons (Fsp3) is 0.200. The molecule has 0 saturated carbocycles. The molecule has 0 unspecified atom stereocenters. The van der Waals surface area contributed by atoms with Crippen LogP contribution in [0.1, 0.15) is 16.8 Å². The molecule has 1 aromatic heterocycles. The Morgan fingerprint density at radius 2 is 1.86 bits per heavy atom. The Hall–Kier alpha value is -2.62. The molecule has 4 rings (SSSR count). The first-order valence-corrected chi connectivity index (χ1v) is 11.2. The number of carbonyl (C=O) groups is 1. The summed E-state index contributed by atoms with van der Waals surface area (Å²) in [4.78, 5) is 16.8. The third kappa shape index (κ3) is 3.81. The highest BCUT2D eigenvalue weighted by Crippen LogP contribution is 2.31. The van der Waals surface area contributed by atoms with E-state index in [9.17, 15) is 17.6 Å². The first-order chi connectivity index (χ1) is 13.9. The second-order valence-corrected chi connectivity index (χ2v) is 9.47. The Kier molecular flexibility index (Phi) is 5.20.